The number of carbonyl (C=O) groups is 1. The van der Waals surface area contributed by atoms with E-state index in [2.05, 4.69) is 9.97 Å². The van der Waals surface area contributed by atoms with Crippen molar-refractivity contribution in [3.8, 4) is 28.3 Å². The fourth-order valence-electron chi connectivity index (χ4n) is 5.29. The molecule has 2 saturated heterocycles. The van der Waals surface area contributed by atoms with Crippen LogP contribution in [0, 0.1) is 5.82 Å². The summed E-state index contributed by atoms with van der Waals surface area (Å²) < 4.78 is 32.1. The van der Waals surface area contributed by atoms with Gasteiger partial charge in [0.05, 0.1) is 41.7 Å². The molecule has 8 nitrogen and oxygen atoms in total. The molecule has 0 spiro atoms. The van der Waals surface area contributed by atoms with E-state index in [1.165, 1.54) is 13.0 Å². The zero-order valence-electron chi connectivity index (χ0n) is 22.2. The fraction of sp³-hybridized carbons (Fsp3) is 0.333. The van der Waals surface area contributed by atoms with E-state index in [0.29, 0.717) is 48.0 Å². The maximum Gasteiger partial charge on any atom is 0.223 e. The van der Waals surface area contributed by atoms with E-state index in [4.69, 9.17) is 14.2 Å². The van der Waals surface area contributed by atoms with Crippen molar-refractivity contribution in [1.82, 2.24) is 9.97 Å². The quantitative estimate of drug-likeness (QED) is 0.322. The molecule has 2 fully saturated rings. The van der Waals surface area contributed by atoms with Crippen LogP contribution >= 0.6 is 11.8 Å². The predicted molar refractivity (Wildman–Crippen MR) is 153 cm³/mol. The number of aliphatic hydroxyl groups excluding tert-OH is 1. The highest BCUT2D eigenvalue weighted by atomic mass is 32.2. The molecule has 0 unspecified atom stereocenters. The standard InChI is InChI=1S/C30H30FN3O5S/c1-17(35)34(11-12-37-2)21-9-7-19(8-10-21)18-3-5-20(6-4-18)28-22(31)13-23-24(33-28)14-27(32-23)39-26-15-38-29-25(36)16-40-30(26)29/h3-10,13-14,25-26,29-30,32,36H,11-12,15-16H2,1-2H3/t25-,26-,29-,30-/m1/s1. The molecule has 40 heavy (non-hydrogen) atoms. The molecule has 0 saturated carbocycles. The van der Waals surface area contributed by atoms with Crippen molar-refractivity contribution in [2.24, 2.45) is 0 Å². The first kappa shape index (κ1) is 26.8. The van der Waals surface area contributed by atoms with Crippen molar-refractivity contribution in [3.05, 3.63) is 66.5 Å². The lowest BCUT2D eigenvalue weighted by atomic mass is 10.0. The molecular formula is C30H30FN3O5S. The van der Waals surface area contributed by atoms with Crippen LogP contribution in [0.1, 0.15) is 6.92 Å². The summed E-state index contributed by atoms with van der Waals surface area (Å²) in [5.74, 6) is 0.655. The third kappa shape index (κ3) is 5.19. The van der Waals surface area contributed by atoms with Gasteiger partial charge >= 0.3 is 0 Å². The highest BCUT2D eigenvalue weighted by Gasteiger charge is 2.47. The lowest BCUT2D eigenvalue weighted by Crippen LogP contribution is -2.32. The highest BCUT2D eigenvalue weighted by Crippen LogP contribution is 2.38. The van der Waals surface area contributed by atoms with Crippen molar-refractivity contribution >= 4 is 34.4 Å². The number of thioether (sulfide) groups is 1. The van der Waals surface area contributed by atoms with Crippen molar-refractivity contribution in [3.63, 3.8) is 0 Å². The summed E-state index contributed by atoms with van der Waals surface area (Å²) in [4.78, 5) is 21.4. The number of nitrogens with zero attached hydrogens (tertiary/aromatic N) is 2. The number of aromatic amines is 1. The smallest absolute Gasteiger partial charge is 0.223 e. The fourth-order valence-corrected chi connectivity index (χ4v) is 6.69. The number of rotatable bonds is 8. The summed E-state index contributed by atoms with van der Waals surface area (Å²) in [6.45, 7) is 2.88. The lowest BCUT2D eigenvalue weighted by molar-refractivity contribution is -0.116. The average molecular weight is 564 g/mol. The van der Waals surface area contributed by atoms with E-state index >= 15 is 4.39 Å². The number of H-pyrrole nitrogens is 1. The van der Waals surface area contributed by atoms with Gasteiger partial charge in [0.15, 0.2) is 11.7 Å². The highest BCUT2D eigenvalue weighted by molar-refractivity contribution is 8.00. The van der Waals surface area contributed by atoms with Gasteiger partial charge in [-0.1, -0.05) is 36.4 Å². The molecule has 0 bridgehead atoms. The minimum absolute atomic E-state index is 0.0457. The van der Waals surface area contributed by atoms with Gasteiger partial charge in [0.25, 0.3) is 0 Å². The second-order valence-corrected chi connectivity index (χ2v) is 11.2. The summed E-state index contributed by atoms with van der Waals surface area (Å²) >= 11 is 1.65. The van der Waals surface area contributed by atoms with Crippen molar-refractivity contribution < 1.29 is 28.5 Å². The van der Waals surface area contributed by atoms with E-state index in [9.17, 15) is 9.90 Å². The van der Waals surface area contributed by atoms with E-state index < -0.39 is 11.9 Å². The summed E-state index contributed by atoms with van der Waals surface area (Å²) in [6, 6.07) is 18.5. The van der Waals surface area contributed by atoms with Gasteiger partial charge < -0.3 is 29.2 Å². The third-order valence-electron chi connectivity index (χ3n) is 7.36. The van der Waals surface area contributed by atoms with Gasteiger partial charge in [0, 0.05) is 49.7 Å². The van der Waals surface area contributed by atoms with Crippen LogP contribution in [0.2, 0.25) is 0 Å². The number of pyridine rings is 1. The second kappa shape index (κ2) is 11.2. The number of aromatic nitrogens is 2. The molecule has 2 aliphatic rings. The Bertz CT molecular complexity index is 1510. The second-order valence-electron chi connectivity index (χ2n) is 9.99. The Labute approximate surface area is 235 Å². The number of fused-ring (bicyclic) bond motifs is 2. The van der Waals surface area contributed by atoms with Gasteiger partial charge in [-0.15, -0.1) is 11.8 Å². The van der Waals surface area contributed by atoms with Crippen LogP contribution in [-0.4, -0.2) is 77.2 Å². The number of hydrogen-bond acceptors (Lipinski definition) is 7. The molecule has 1 amide bonds. The summed E-state index contributed by atoms with van der Waals surface area (Å²) in [6.07, 6.45) is -0.876. The van der Waals surface area contributed by atoms with Gasteiger partial charge in [-0.2, -0.15) is 0 Å². The number of amides is 1. The van der Waals surface area contributed by atoms with Gasteiger partial charge in [0.2, 0.25) is 5.91 Å². The van der Waals surface area contributed by atoms with Crippen LogP contribution in [0.3, 0.4) is 0 Å². The van der Waals surface area contributed by atoms with Gasteiger partial charge in [-0.05, 0) is 23.3 Å². The van der Waals surface area contributed by atoms with Crippen LogP contribution in [0.25, 0.3) is 33.4 Å². The lowest BCUT2D eigenvalue weighted by Gasteiger charge is -2.21. The monoisotopic (exact) mass is 563 g/mol. The molecule has 4 heterocycles. The molecular weight excluding hydrogens is 533 g/mol. The largest absolute Gasteiger partial charge is 0.472 e. The number of methoxy groups -OCH3 is 1. The number of carbonyl (C=O) groups excluding carboxylic acids is 1. The number of aliphatic hydroxyl groups is 1. The summed E-state index contributed by atoms with van der Waals surface area (Å²) in [5, 5.41) is 10.1. The Hall–Kier alpha value is -3.44. The average Bonchev–Trinajstić information content (AvgIpc) is 3.65. The van der Waals surface area contributed by atoms with E-state index in [1.807, 2.05) is 48.5 Å². The normalized spacial score (nSPS) is 22.0. The molecule has 2 aromatic heterocycles. The van der Waals surface area contributed by atoms with Crippen LogP contribution in [-0.2, 0) is 14.3 Å². The van der Waals surface area contributed by atoms with Crippen LogP contribution in [0.4, 0.5) is 10.1 Å². The summed E-state index contributed by atoms with van der Waals surface area (Å²) in [5.41, 5.74) is 4.82. The molecule has 10 heteroatoms. The first-order valence-electron chi connectivity index (χ1n) is 13.2. The Kier molecular flexibility index (Phi) is 7.50. The first-order chi connectivity index (χ1) is 19.4. The maximum absolute atomic E-state index is 15.1. The van der Waals surface area contributed by atoms with Crippen molar-refractivity contribution in [2.45, 2.75) is 30.5 Å². The van der Waals surface area contributed by atoms with E-state index in [-0.39, 0.29) is 29.1 Å². The Morgan fingerprint density at radius 1 is 1.15 bits per heavy atom. The Morgan fingerprint density at radius 2 is 1.85 bits per heavy atom. The minimum atomic E-state index is -0.474. The van der Waals surface area contributed by atoms with Crippen LogP contribution in [0.5, 0.6) is 5.88 Å². The van der Waals surface area contributed by atoms with Crippen molar-refractivity contribution in [1.29, 1.82) is 0 Å². The van der Waals surface area contributed by atoms with Gasteiger partial charge in [0.1, 0.15) is 11.8 Å². The molecule has 2 aliphatic heterocycles. The molecule has 2 N–H and O–H groups in total. The van der Waals surface area contributed by atoms with E-state index in [1.54, 1.807) is 29.8 Å². The van der Waals surface area contributed by atoms with E-state index in [0.717, 1.165) is 16.8 Å². The van der Waals surface area contributed by atoms with Crippen molar-refractivity contribution in [2.75, 3.05) is 37.5 Å². The van der Waals surface area contributed by atoms with Gasteiger partial charge in [-0.3, -0.25) is 4.79 Å². The first-order valence-corrected chi connectivity index (χ1v) is 14.2. The predicted octanol–water partition coefficient (Wildman–Crippen LogP) is 4.66. The number of benzene rings is 2. The SMILES string of the molecule is COCCN(C(C)=O)c1ccc(-c2ccc(-c3nc4cc(O[C@@H]5CO[C@H]6[C@@H]5SC[C@H]6O)[nH]c4cc3F)cc2)cc1. The maximum atomic E-state index is 15.1. The van der Waals surface area contributed by atoms with Gasteiger partial charge in [-0.25, -0.2) is 9.37 Å². The Balaban J connectivity index is 1.18. The number of halogens is 1. The minimum Gasteiger partial charge on any atom is -0.472 e. The number of ether oxygens (including phenoxy) is 3. The zero-order valence-corrected chi connectivity index (χ0v) is 23.0. The molecule has 208 valence electrons. The topological polar surface area (TPSA) is 96.9 Å². The van der Waals surface area contributed by atoms with Crippen LogP contribution < -0.4 is 9.64 Å². The number of anilines is 1. The summed E-state index contributed by atoms with van der Waals surface area (Å²) in [7, 11) is 1.61. The number of nitrogens with one attached hydrogen (secondary N) is 1. The molecule has 4 atom stereocenters. The molecule has 2 aromatic carbocycles. The van der Waals surface area contributed by atoms with Crippen LogP contribution in [0.15, 0.2) is 60.7 Å². The molecule has 0 radical (unpaired) electrons. The molecule has 6 rings (SSSR count). The molecule has 0 aliphatic carbocycles. The number of hydrogen-bond donors (Lipinski definition) is 2. The third-order valence-corrected chi connectivity index (χ3v) is 8.85. The Morgan fingerprint density at radius 3 is 2.55 bits per heavy atom. The zero-order chi connectivity index (χ0) is 27.8. The molecule has 4 aromatic rings.